The van der Waals surface area contributed by atoms with Gasteiger partial charge in [-0.2, -0.15) is 0 Å². The molecule has 2 heterocycles. The molecule has 37 heavy (non-hydrogen) atoms. The van der Waals surface area contributed by atoms with Crippen molar-refractivity contribution in [3.63, 3.8) is 0 Å². The van der Waals surface area contributed by atoms with Crippen LogP contribution in [0.15, 0.2) is 35.6 Å². The number of oxime groups is 1. The van der Waals surface area contributed by atoms with Crippen molar-refractivity contribution in [1.29, 1.82) is 0 Å². The van der Waals surface area contributed by atoms with Crippen LogP contribution in [0.25, 0.3) is 0 Å². The van der Waals surface area contributed by atoms with E-state index in [1.165, 1.54) is 31.7 Å². The Labute approximate surface area is 213 Å². The number of rotatable bonds is 10. The van der Waals surface area contributed by atoms with Gasteiger partial charge in [-0.1, -0.05) is 11.2 Å². The topological polar surface area (TPSA) is 183 Å². The normalized spacial score (nSPS) is 16.7. The monoisotopic (exact) mass is 511 g/mol. The lowest BCUT2D eigenvalue weighted by Gasteiger charge is -2.29. The van der Waals surface area contributed by atoms with E-state index in [1.807, 2.05) is 4.90 Å². The molecule has 2 fully saturated rings. The molecule has 2 aromatic rings. The molecule has 2 amide bonds. The lowest BCUT2D eigenvalue weighted by atomic mass is 10.1. The first kappa shape index (κ1) is 26.0. The largest absolute Gasteiger partial charge is 0.494 e. The van der Waals surface area contributed by atoms with Crippen LogP contribution in [0.4, 0.5) is 17.2 Å². The highest BCUT2D eigenvalue weighted by Crippen LogP contribution is 2.34. The number of aromatic nitrogens is 1. The quantitative estimate of drug-likeness (QED) is 0.204. The number of amides is 2. The van der Waals surface area contributed by atoms with Crippen LogP contribution in [0.2, 0.25) is 0 Å². The van der Waals surface area contributed by atoms with Gasteiger partial charge in [-0.25, -0.2) is 9.78 Å². The fourth-order valence-corrected chi connectivity index (χ4v) is 3.72. The second kappa shape index (κ2) is 11.8. The minimum atomic E-state index is -0.770. The van der Waals surface area contributed by atoms with Crippen molar-refractivity contribution in [2.24, 2.45) is 22.5 Å². The Balaban J connectivity index is 1.51. The van der Waals surface area contributed by atoms with Gasteiger partial charge >= 0.3 is 5.97 Å². The SMILES string of the molecule is COc1c(Nc2cc(NC(=O)C3CC3)ncc2C(N)=O)cccc1C(=O)O/N=C\[C@@H](N)N1CCOCC1. The van der Waals surface area contributed by atoms with Crippen molar-refractivity contribution in [2.45, 2.75) is 19.0 Å². The predicted molar refractivity (Wildman–Crippen MR) is 135 cm³/mol. The molecule has 0 unspecified atom stereocenters. The number of carbonyl (C=O) groups excluding carboxylic acids is 3. The van der Waals surface area contributed by atoms with E-state index in [4.69, 9.17) is 25.8 Å². The molecule has 1 saturated heterocycles. The van der Waals surface area contributed by atoms with Crippen LogP contribution >= 0.6 is 0 Å². The Morgan fingerprint density at radius 3 is 2.65 bits per heavy atom. The highest BCUT2D eigenvalue weighted by atomic mass is 16.7. The molecule has 13 heteroatoms. The number of anilines is 3. The number of methoxy groups -OCH3 is 1. The van der Waals surface area contributed by atoms with Crippen LogP contribution in [-0.4, -0.2) is 73.5 Å². The number of nitrogens with zero attached hydrogens (tertiary/aromatic N) is 3. The Morgan fingerprint density at radius 2 is 1.97 bits per heavy atom. The first-order valence-corrected chi connectivity index (χ1v) is 11.7. The number of pyridine rings is 1. The van der Waals surface area contributed by atoms with Gasteiger partial charge in [-0.15, -0.1) is 0 Å². The van der Waals surface area contributed by atoms with Gasteiger partial charge in [0.2, 0.25) is 5.91 Å². The standard InChI is InChI=1S/C24H29N7O6/c1-35-21-15(24(34)37-28-13-19(25)31-7-9-36-10-8-31)3-2-4-17(21)29-18-11-20(27-12-16(18)22(26)32)30-23(33)14-5-6-14/h2-4,11-14,19H,5-10,25H2,1H3,(H2,26,32)(H2,27,29,30,33)/b28-13-/t19-/m0/s1. The summed E-state index contributed by atoms with van der Waals surface area (Å²) in [6.07, 6.45) is 3.74. The molecule has 2 aliphatic rings. The first-order valence-electron chi connectivity index (χ1n) is 11.7. The number of para-hydroxylation sites is 1. The second-order valence-electron chi connectivity index (χ2n) is 8.53. The molecule has 6 N–H and O–H groups in total. The summed E-state index contributed by atoms with van der Waals surface area (Å²) in [5, 5.41) is 9.51. The van der Waals surface area contributed by atoms with Crippen molar-refractivity contribution >= 4 is 41.2 Å². The van der Waals surface area contributed by atoms with E-state index in [0.717, 1.165) is 12.8 Å². The zero-order valence-electron chi connectivity index (χ0n) is 20.3. The zero-order chi connectivity index (χ0) is 26.4. The lowest BCUT2D eigenvalue weighted by molar-refractivity contribution is -0.117. The van der Waals surface area contributed by atoms with Crippen molar-refractivity contribution < 1.29 is 28.7 Å². The van der Waals surface area contributed by atoms with Gasteiger partial charge in [0.15, 0.2) is 5.75 Å². The number of hydrogen-bond acceptors (Lipinski definition) is 11. The minimum absolute atomic E-state index is 0.0251. The number of nitrogens with one attached hydrogen (secondary N) is 2. The highest BCUT2D eigenvalue weighted by molar-refractivity contribution is 6.01. The van der Waals surface area contributed by atoms with E-state index in [0.29, 0.717) is 32.0 Å². The molecule has 0 radical (unpaired) electrons. The van der Waals surface area contributed by atoms with Crippen LogP contribution in [0, 0.1) is 5.92 Å². The first-order chi connectivity index (χ1) is 17.9. The van der Waals surface area contributed by atoms with Crippen LogP contribution in [-0.2, 0) is 14.4 Å². The summed E-state index contributed by atoms with van der Waals surface area (Å²) in [7, 11) is 1.39. The molecule has 1 aromatic carbocycles. The fourth-order valence-electron chi connectivity index (χ4n) is 3.72. The third-order valence-corrected chi connectivity index (χ3v) is 5.89. The van der Waals surface area contributed by atoms with Crippen LogP contribution < -0.4 is 26.8 Å². The maximum Gasteiger partial charge on any atom is 0.369 e. The number of morpholine rings is 1. The summed E-state index contributed by atoms with van der Waals surface area (Å²) in [4.78, 5) is 48.0. The van der Waals surface area contributed by atoms with Crippen LogP contribution in [0.1, 0.15) is 33.6 Å². The summed E-state index contributed by atoms with van der Waals surface area (Å²) in [5.41, 5.74) is 12.4. The van der Waals surface area contributed by atoms with Crippen LogP contribution in [0.3, 0.4) is 0 Å². The fraction of sp³-hybridized carbons (Fsp3) is 0.375. The number of benzene rings is 1. The van der Waals surface area contributed by atoms with Gasteiger partial charge in [-0.3, -0.25) is 14.5 Å². The van der Waals surface area contributed by atoms with Gasteiger partial charge in [0.1, 0.15) is 11.4 Å². The maximum absolute atomic E-state index is 12.8. The Bertz CT molecular complexity index is 1190. The smallest absolute Gasteiger partial charge is 0.369 e. The molecule has 1 aliphatic heterocycles. The zero-order valence-corrected chi connectivity index (χ0v) is 20.3. The molecule has 4 rings (SSSR count). The summed E-state index contributed by atoms with van der Waals surface area (Å²) >= 11 is 0. The predicted octanol–water partition coefficient (Wildman–Crippen LogP) is 1.04. The van der Waals surface area contributed by atoms with E-state index in [9.17, 15) is 14.4 Å². The van der Waals surface area contributed by atoms with Gasteiger partial charge < -0.3 is 36.4 Å². The van der Waals surface area contributed by atoms with E-state index in [-0.39, 0.29) is 40.2 Å². The van der Waals surface area contributed by atoms with Crippen LogP contribution in [0.5, 0.6) is 5.75 Å². The number of carbonyl (C=O) groups is 3. The van der Waals surface area contributed by atoms with Gasteiger partial charge in [0.05, 0.1) is 49.6 Å². The second-order valence-corrected chi connectivity index (χ2v) is 8.53. The van der Waals surface area contributed by atoms with E-state index in [2.05, 4.69) is 20.8 Å². The molecule has 196 valence electrons. The molecule has 13 nitrogen and oxygen atoms in total. The minimum Gasteiger partial charge on any atom is -0.494 e. The summed E-state index contributed by atoms with van der Waals surface area (Å²) < 4.78 is 10.8. The van der Waals surface area contributed by atoms with Crippen molar-refractivity contribution in [2.75, 3.05) is 44.0 Å². The average Bonchev–Trinajstić information content (AvgIpc) is 3.75. The van der Waals surface area contributed by atoms with E-state index in [1.54, 1.807) is 12.1 Å². The molecule has 1 aromatic heterocycles. The molecule has 1 aliphatic carbocycles. The Morgan fingerprint density at radius 1 is 1.22 bits per heavy atom. The number of hydrogen-bond donors (Lipinski definition) is 4. The molecule has 0 spiro atoms. The van der Waals surface area contributed by atoms with Crippen molar-refractivity contribution in [3.05, 3.63) is 41.6 Å². The molecular weight excluding hydrogens is 482 g/mol. The third-order valence-electron chi connectivity index (χ3n) is 5.89. The number of ether oxygens (including phenoxy) is 2. The number of primary amides is 1. The molecule has 1 atom stereocenters. The maximum atomic E-state index is 12.8. The Kier molecular flexibility index (Phi) is 8.28. The Hall–Kier alpha value is -4.07. The summed E-state index contributed by atoms with van der Waals surface area (Å²) in [5.74, 6) is -1.26. The summed E-state index contributed by atoms with van der Waals surface area (Å²) in [6.45, 7) is 2.44. The van der Waals surface area contributed by atoms with Crippen molar-refractivity contribution in [3.8, 4) is 5.75 Å². The molecule has 1 saturated carbocycles. The average molecular weight is 512 g/mol. The van der Waals surface area contributed by atoms with Gasteiger partial charge in [0, 0.05) is 31.3 Å². The molecule has 0 bridgehead atoms. The summed E-state index contributed by atoms with van der Waals surface area (Å²) in [6, 6.07) is 6.24. The van der Waals surface area contributed by atoms with Gasteiger partial charge in [0.25, 0.3) is 5.91 Å². The number of nitrogens with two attached hydrogens (primary N) is 2. The van der Waals surface area contributed by atoms with E-state index < -0.39 is 18.0 Å². The lowest BCUT2D eigenvalue weighted by Crippen LogP contribution is -2.49. The van der Waals surface area contributed by atoms with Gasteiger partial charge in [-0.05, 0) is 25.0 Å². The molecular formula is C24H29N7O6. The van der Waals surface area contributed by atoms with Crippen molar-refractivity contribution in [1.82, 2.24) is 9.88 Å². The highest BCUT2D eigenvalue weighted by Gasteiger charge is 2.30. The van der Waals surface area contributed by atoms with E-state index >= 15 is 0 Å². The third kappa shape index (κ3) is 6.58.